The number of piperidine rings is 1. The molecule has 1 atom stereocenters. The fourth-order valence-electron chi connectivity index (χ4n) is 4.98. The number of imide groups is 2. The van der Waals surface area contributed by atoms with Crippen LogP contribution < -0.4 is 10.2 Å². The highest BCUT2D eigenvalue weighted by atomic mass is 35.5. The Morgan fingerprint density at radius 3 is 2.51 bits per heavy atom. The number of halogens is 2. The number of hydrogen-bond acceptors (Lipinski definition) is 6. The minimum atomic E-state index is -0.960. The van der Waals surface area contributed by atoms with Gasteiger partial charge in [0.05, 0.1) is 26.9 Å². The molecular formula is C25H24Cl2N4O4. The Kier molecular flexibility index (Phi) is 6.53. The zero-order valence-corrected chi connectivity index (χ0v) is 20.4. The molecule has 0 aliphatic carbocycles. The average Bonchev–Trinajstić information content (AvgIpc) is 2.96. The van der Waals surface area contributed by atoms with Gasteiger partial charge in [0.15, 0.2) is 0 Å². The molecule has 10 heteroatoms. The Balaban J connectivity index is 1.28. The van der Waals surface area contributed by atoms with Crippen molar-refractivity contribution in [2.75, 3.05) is 31.1 Å². The fraction of sp³-hybridized carbons (Fsp3) is 0.360. The van der Waals surface area contributed by atoms with Gasteiger partial charge in [0.2, 0.25) is 11.8 Å². The van der Waals surface area contributed by atoms with E-state index in [0.29, 0.717) is 27.7 Å². The summed E-state index contributed by atoms with van der Waals surface area (Å²) in [6.45, 7) is 3.95. The first-order chi connectivity index (χ1) is 16.8. The second-order valence-corrected chi connectivity index (χ2v) is 9.80. The maximum Gasteiger partial charge on any atom is 0.262 e. The molecule has 0 bridgehead atoms. The van der Waals surface area contributed by atoms with Crippen LogP contribution in [0.2, 0.25) is 10.0 Å². The maximum absolute atomic E-state index is 13.1. The van der Waals surface area contributed by atoms with Crippen molar-refractivity contribution in [3.05, 3.63) is 63.1 Å². The van der Waals surface area contributed by atoms with Gasteiger partial charge in [-0.2, -0.15) is 0 Å². The van der Waals surface area contributed by atoms with Crippen molar-refractivity contribution in [3.63, 3.8) is 0 Å². The SMILES string of the molecule is O=C1CCC(N2C(=O)c3ccc(CN4CCCN(c5cccc(Cl)c5Cl)CC4)cc3C2=O)C(=O)N1. The molecule has 0 saturated carbocycles. The summed E-state index contributed by atoms with van der Waals surface area (Å²) in [5.74, 6) is -1.97. The zero-order chi connectivity index (χ0) is 24.7. The number of carbonyl (C=O) groups excluding carboxylic acids is 4. The van der Waals surface area contributed by atoms with E-state index in [1.807, 2.05) is 18.2 Å². The highest BCUT2D eigenvalue weighted by Gasteiger charge is 2.44. The normalized spacial score (nSPS) is 21.3. The van der Waals surface area contributed by atoms with Gasteiger partial charge in [0, 0.05) is 39.1 Å². The number of carbonyl (C=O) groups is 4. The molecule has 0 aromatic heterocycles. The molecule has 1 N–H and O–H groups in total. The summed E-state index contributed by atoms with van der Waals surface area (Å²) < 4.78 is 0. The molecule has 2 aromatic rings. The highest BCUT2D eigenvalue weighted by Crippen LogP contribution is 2.33. The van der Waals surface area contributed by atoms with Crippen LogP contribution in [-0.2, 0) is 16.1 Å². The van der Waals surface area contributed by atoms with Crippen LogP contribution in [0.25, 0.3) is 0 Å². The summed E-state index contributed by atoms with van der Waals surface area (Å²) in [6, 6.07) is 9.95. The Hall–Kier alpha value is -2.94. The molecule has 1 unspecified atom stereocenters. The van der Waals surface area contributed by atoms with E-state index in [-0.39, 0.29) is 12.8 Å². The summed E-state index contributed by atoms with van der Waals surface area (Å²) >= 11 is 12.6. The summed E-state index contributed by atoms with van der Waals surface area (Å²) in [5, 5.41) is 3.31. The molecule has 3 aliphatic heterocycles. The third kappa shape index (κ3) is 4.53. The minimum Gasteiger partial charge on any atom is -0.369 e. The first-order valence-electron chi connectivity index (χ1n) is 11.6. The lowest BCUT2D eigenvalue weighted by Crippen LogP contribution is -2.54. The molecule has 8 nitrogen and oxygen atoms in total. The number of hydrogen-bond donors (Lipinski definition) is 1. The molecular weight excluding hydrogens is 491 g/mol. The third-order valence-electron chi connectivity index (χ3n) is 6.77. The van der Waals surface area contributed by atoms with E-state index in [1.165, 1.54) is 0 Å². The molecule has 2 fully saturated rings. The summed E-state index contributed by atoms with van der Waals surface area (Å²) in [6.07, 6.45) is 1.18. The Morgan fingerprint density at radius 1 is 0.914 bits per heavy atom. The molecule has 0 radical (unpaired) electrons. The van der Waals surface area contributed by atoms with Crippen molar-refractivity contribution in [1.82, 2.24) is 15.1 Å². The molecule has 4 amide bonds. The first kappa shape index (κ1) is 23.8. The van der Waals surface area contributed by atoms with Gasteiger partial charge in [-0.15, -0.1) is 0 Å². The second kappa shape index (κ2) is 9.60. The summed E-state index contributed by atoms with van der Waals surface area (Å²) in [7, 11) is 0. The van der Waals surface area contributed by atoms with E-state index in [2.05, 4.69) is 15.1 Å². The van der Waals surface area contributed by atoms with Crippen molar-refractivity contribution in [2.24, 2.45) is 0 Å². The maximum atomic E-state index is 13.1. The van der Waals surface area contributed by atoms with E-state index < -0.39 is 29.7 Å². The number of nitrogens with zero attached hydrogens (tertiary/aromatic N) is 3. The van der Waals surface area contributed by atoms with Gasteiger partial charge in [-0.3, -0.25) is 34.3 Å². The molecule has 2 saturated heterocycles. The van der Waals surface area contributed by atoms with Crippen LogP contribution in [0.1, 0.15) is 45.5 Å². The summed E-state index contributed by atoms with van der Waals surface area (Å²) in [4.78, 5) is 55.3. The largest absolute Gasteiger partial charge is 0.369 e. The minimum absolute atomic E-state index is 0.0986. The van der Waals surface area contributed by atoms with Crippen LogP contribution in [0.3, 0.4) is 0 Å². The van der Waals surface area contributed by atoms with E-state index in [1.54, 1.807) is 18.2 Å². The van der Waals surface area contributed by atoms with Crippen molar-refractivity contribution in [3.8, 4) is 0 Å². The van der Waals surface area contributed by atoms with Crippen LogP contribution in [0.5, 0.6) is 0 Å². The molecule has 3 aliphatic rings. The number of rotatable bonds is 4. The van der Waals surface area contributed by atoms with Gasteiger partial charge in [0.25, 0.3) is 11.8 Å². The molecule has 35 heavy (non-hydrogen) atoms. The van der Waals surface area contributed by atoms with Gasteiger partial charge in [-0.1, -0.05) is 35.3 Å². The van der Waals surface area contributed by atoms with E-state index in [9.17, 15) is 19.2 Å². The smallest absolute Gasteiger partial charge is 0.262 e. The molecule has 2 aromatic carbocycles. The number of benzene rings is 2. The van der Waals surface area contributed by atoms with Crippen LogP contribution >= 0.6 is 23.2 Å². The Labute approximate surface area is 212 Å². The number of nitrogens with one attached hydrogen (secondary N) is 1. The number of anilines is 1. The lowest BCUT2D eigenvalue weighted by atomic mass is 10.0. The molecule has 3 heterocycles. The van der Waals surface area contributed by atoms with Crippen LogP contribution in [0.4, 0.5) is 5.69 Å². The number of fused-ring (bicyclic) bond motifs is 1. The zero-order valence-electron chi connectivity index (χ0n) is 18.9. The predicted octanol–water partition coefficient (Wildman–Crippen LogP) is 3.11. The topological polar surface area (TPSA) is 90.0 Å². The van der Waals surface area contributed by atoms with Gasteiger partial charge in [-0.25, -0.2) is 0 Å². The van der Waals surface area contributed by atoms with Gasteiger partial charge < -0.3 is 4.90 Å². The van der Waals surface area contributed by atoms with Crippen molar-refractivity contribution in [2.45, 2.75) is 31.8 Å². The Morgan fingerprint density at radius 2 is 1.71 bits per heavy atom. The summed E-state index contributed by atoms with van der Waals surface area (Å²) in [5.41, 5.74) is 2.45. The number of amides is 4. The fourth-order valence-corrected chi connectivity index (χ4v) is 5.40. The van der Waals surface area contributed by atoms with Crippen LogP contribution in [0.15, 0.2) is 36.4 Å². The van der Waals surface area contributed by atoms with Crippen molar-refractivity contribution < 1.29 is 19.2 Å². The quantitative estimate of drug-likeness (QED) is 0.630. The first-order valence-corrected chi connectivity index (χ1v) is 12.3. The van der Waals surface area contributed by atoms with E-state index in [4.69, 9.17) is 23.2 Å². The van der Waals surface area contributed by atoms with Crippen LogP contribution in [-0.4, -0.2) is 65.6 Å². The molecule has 0 spiro atoms. The second-order valence-electron chi connectivity index (χ2n) is 9.02. The lowest BCUT2D eigenvalue weighted by molar-refractivity contribution is -0.136. The molecule has 5 rings (SSSR count). The predicted molar refractivity (Wildman–Crippen MR) is 132 cm³/mol. The monoisotopic (exact) mass is 514 g/mol. The van der Waals surface area contributed by atoms with Gasteiger partial charge >= 0.3 is 0 Å². The third-order valence-corrected chi connectivity index (χ3v) is 7.58. The van der Waals surface area contributed by atoms with Gasteiger partial charge in [-0.05, 0) is 42.7 Å². The van der Waals surface area contributed by atoms with Crippen LogP contribution in [0, 0.1) is 0 Å². The molecule has 182 valence electrons. The van der Waals surface area contributed by atoms with E-state index >= 15 is 0 Å². The lowest BCUT2D eigenvalue weighted by Gasteiger charge is -2.27. The van der Waals surface area contributed by atoms with Crippen molar-refractivity contribution in [1.29, 1.82) is 0 Å². The van der Waals surface area contributed by atoms with Gasteiger partial charge in [0.1, 0.15) is 6.04 Å². The Bertz CT molecular complexity index is 1230. The highest BCUT2D eigenvalue weighted by molar-refractivity contribution is 6.43. The van der Waals surface area contributed by atoms with E-state index in [0.717, 1.165) is 48.8 Å². The standard InChI is InChI=1S/C25H24Cl2N4O4/c26-18-3-1-4-19(22(18)27)30-10-2-9-29(11-12-30)14-15-5-6-16-17(13-15)25(35)31(24(16)34)20-7-8-21(32)28-23(20)33/h1,3-6,13,20H,2,7-12,14H2,(H,28,32,33). The average molecular weight is 515 g/mol. The van der Waals surface area contributed by atoms with Crippen molar-refractivity contribution >= 4 is 52.5 Å².